The average molecular weight is 418 g/mol. The van der Waals surface area contributed by atoms with Gasteiger partial charge in [0.25, 0.3) is 5.91 Å². The highest BCUT2D eigenvalue weighted by molar-refractivity contribution is 5.98. The SMILES string of the molecule is CC(C)[C@H](CNC(=O)[C@@H]1CCCN1C(=O)c1ccc2c(c1)OCO2)N1CCOCC1. The van der Waals surface area contributed by atoms with Gasteiger partial charge in [-0.1, -0.05) is 13.8 Å². The number of benzene rings is 1. The largest absolute Gasteiger partial charge is 0.454 e. The molecule has 1 N–H and O–H groups in total. The minimum Gasteiger partial charge on any atom is -0.454 e. The molecule has 0 aliphatic carbocycles. The average Bonchev–Trinajstić information content (AvgIpc) is 3.42. The molecular formula is C22H31N3O5. The van der Waals surface area contributed by atoms with Crippen molar-refractivity contribution < 1.29 is 23.8 Å². The summed E-state index contributed by atoms with van der Waals surface area (Å²) < 4.78 is 16.2. The number of fused-ring (bicyclic) bond motifs is 1. The lowest BCUT2D eigenvalue weighted by atomic mass is 10.0. The van der Waals surface area contributed by atoms with E-state index in [-0.39, 0.29) is 24.6 Å². The predicted octanol–water partition coefficient (Wildman–Crippen LogP) is 1.49. The van der Waals surface area contributed by atoms with Crippen molar-refractivity contribution in [2.24, 2.45) is 5.92 Å². The van der Waals surface area contributed by atoms with Gasteiger partial charge < -0.3 is 24.4 Å². The van der Waals surface area contributed by atoms with Gasteiger partial charge in [-0.25, -0.2) is 0 Å². The van der Waals surface area contributed by atoms with Gasteiger partial charge in [0, 0.05) is 37.8 Å². The summed E-state index contributed by atoms with van der Waals surface area (Å²) in [6.45, 7) is 8.93. The van der Waals surface area contributed by atoms with E-state index < -0.39 is 6.04 Å². The molecular weight excluding hydrogens is 386 g/mol. The van der Waals surface area contributed by atoms with Gasteiger partial charge in [-0.3, -0.25) is 14.5 Å². The molecule has 3 aliphatic rings. The molecule has 0 unspecified atom stereocenters. The molecule has 2 amide bonds. The Morgan fingerprint density at radius 3 is 2.67 bits per heavy atom. The Kier molecular flexibility index (Phi) is 6.43. The lowest BCUT2D eigenvalue weighted by molar-refractivity contribution is -0.125. The van der Waals surface area contributed by atoms with E-state index in [0.29, 0.717) is 42.5 Å². The van der Waals surface area contributed by atoms with Crippen LogP contribution in [-0.4, -0.2) is 79.9 Å². The van der Waals surface area contributed by atoms with Crippen LogP contribution in [0.25, 0.3) is 0 Å². The third-order valence-electron chi connectivity index (χ3n) is 6.21. The normalized spacial score (nSPS) is 22.4. The number of ether oxygens (including phenoxy) is 3. The first-order valence-corrected chi connectivity index (χ1v) is 10.8. The van der Waals surface area contributed by atoms with Crippen LogP contribution in [-0.2, 0) is 9.53 Å². The second-order valence-corrected chi connectivity index (χ2v) is 8.43. The van der Waals surface area contributed by atoms with Crippen LogP contribution in [0.15, 0.2) is 18.2 Å². The van der Waals surface area contributed by atoms with E-state index in [4.69, 9.17) is 14.2 Å². The molecule has 8 nitrogen and oxygen atoms in total. The summed E-state index contributed by atoms with van der Waals surface area (Å²) in [4.78, 5) is 30.2. The molecule has 0 aromatic heterocycles. The zero-order valence-corrected chi connectivity index (χ0v) is 17.8. The van der Waals surface area contributed by atoms with E-state index in [9.17, 15) is 9.59 Å². The number of carbonyl (C=O) groups is 2. The Bertz CT molecular complexity index is 778. The summed E-state index contributed by atoms with van der Waals surface area (Å²) >= 11 is 0. The second-order valence-electron chi connectivity index (χ2n) is 8.43. The van der Waals surface area contributed by atoms with E-state index in [2.05, 4.69) is 24.1 Å². The molecule has 0 spiro atoms. The third kappa shape index (κ3) is 4.39. The summed E-state index contributed by atoms with van der Waals surface area (Å²) in [7, 11) is 0. The number of carbonyl (C=O) groups excluding carboxylic acids is 2. The van der Waals surface area contributed by atoms with E-state index >= 15 is 0 Å². The molecule has 2 saturated heterocycles. The predicted molar refractivity (Wildman–Crippen MR) is 111 cm³/mol. The fourth-order valence-electron chi connectivity index (χ4n) is 4.50. The van der Waals surface area contributed by atoms with Gasteiger partial charge in [0.15, 0.2) is 11.5 Å². The van der Waals surface area contributed by atoms with Crippen LogP contribution < -0.4 is 14.8 Å². The van der Waals surface area contributed by atoms with Gasteiger partial charge in [0.1, 0.15) is 6.04 Å². The minimum atomic E-state index is -0.430. The molecule has 0 saturated carbocycles. The van der Waals surface area contributed by atoms with Crippen LogP contribution in [0, 0.1) is 5.92 Å². The summed E-state index contributed by atoms with van der Waals surface area (Å²) in [6.07, 6.45) is 1.51. The summed E-state index contributed by atoms with van der Waals surface area (Å²) in [5, 5.41) is 3.12. The number of nitrogens with one attached hydrogen (secondary N) is 1. The van der Waals surface area contributed by atoms with Crippen LogP contribution in [0.2, 0.25) is 0 Å². The zero-order valence-electron chi connectivity index (χ0n) is 17.8. The highest BCUT2D eigenvalue weighted by Crippen LogP contribution is 2.33. The molecule has 2 fully saturated rings. The molecule has 30 heavy (non-hydrogen) atoms. The summed E-state index contributed by atoms with van der Waals surface area (Å²) in [6, 6.07) is 5.01. The third-order valence-corrected chi connectivity index (χ3v) is 6.21. The van der Waals surface area contributed by atoms with Crippen molar-refractivity contribution in [2.75, 3.05) is 46.2 Å². The number of amides is 2. The summed E-state index contributed by atoms with van der Waals surface area (Å²) in [5.74, 6) is 1.43. The quantitative estimate of drug-likeness (QED) is 0.756. The zero-order chi connectivity index (χ0) is 21.1. The van der Waals surface area contributed by atoms with Crippen molar-refractivity contribution in [1.29, 1.82) is 0 Å². The molecule has 0 radical (unpaired) electrons. The molecule has 8 heteroatoms. The lowest BCUT2D eigenvalue weighted by Crippen LogP contribution is -2.53. The van der Waals surface area contributed by atoms with Crippen LogP contribution >= 0.6 is 0 Å². The Morgan fingerprint density at radius 2 is 1.90 bits per heavy atom. The molecule has 4 rings (SSSR count). The summed E-state index contributed by atoms with van der Waals surface area (Å²) in [5.41, 5.74) is 0.521. The van der Waals surface area contributed by atoms with E-state index in [1.165, 1.54) is 0 Å². The minimum absolute atomic E-state index is 0.0690. The number of hydrogen-bond acceptors (Lipinski definition) is 6. The smallest absolute Gasteiger partial charge is 0.254 e. The first-order valence-electron chi connectivity index (χ1n) is 10.8. The number of hydrogen-bond donors (Lipinski definition) is 1. The maximum Gasteiger partial charge on any atom is 0.254 e. The highest BCUT2D eigenvalue weighted by atomic mass is 16.7. The van der Waals surface area contributed by atoms with E-state index in [0.717, 1.165) is 32.7 Å². The van der Waals surface area contributed by atoms with Crippen molar-refractivity contribution in [3.05, 3.63) is 23.8 Å². The number of morpholine rings is 1. The molecule has 0 bridgehead atoms. The molecule has 1 aromatic rings. The number of rotatable bonds is 6. The van der Waals surface area contributed by atoms with Crippen LogP contribution in [0.5, 0.6) is 11.5 Å². The maximum atomic E-state index is 13.1. The van der Waals surface area contributed by atoms with Gasteiger partial charge in [-0.15, -0.1) is 0 Å². The Balaban J connectivity index is 1.38. The fourth-order valence-corrected chi connectivity index (χ4v) is 4.50. The van der Waals surface area contributed by atoms with E-state index in [1.54, 1.807) is 23.1 Å². The van der Waals surface area contributed by atoms with Crippen LogP contribution in [0.4, 0.5) is 0 Å². The van der Waals surface area contributed by atoms with Crippen molar-refractivity contribution in [3.8, 4) is 11.5 Å². The Morgan fingerprint density at radius 1 is 1.13 bits per heavy atom. The van der Waals surface area contributed by atoms with Gasteiger partial charge in [-0.2, -0.15) is 0 Å². The highest BCUT2D eigenvalue weighted by Gasteiger charge is 2.35. The van der Waals surface area contributed by atoms with Crippen LogP contribution in [0.1, 0.15) is 37.0 Å². The standard InChI is InChI=1S/C22H31N3O5/c1-15(2)18(24-8-10-28-11-9-24)13-23-21(26)17-4-3-7-25(17)22(27)16-5-6-19-20(12-16)30-14-29-19/h5-6,12,15,17-18H,3-4,7-11,13-14H2,1-2H3,(H,23,26)/t17-,18-/m0/s1. The Hall–Kier alpha value is -2.32. The molecule has 2 atom stereocenters. The number of nitrogens with zero attached hydrogens (tertiary/aromatic N) is 2. The van der Waals surface area contributed by atoms with Gasteiger partial charge in [0.2, 0.25) is 12.7 Å². The molecule has 3 heterocycles. The second kappa shape index (κ2) is 9.22. The topological polar surface area (TPSA) is 80.3 Å². The molecule has 1 aromatic carbocycles. The monoisotopic (exact) mass is 417 g/mol. The number of likely N-dealkylation sites (tertiary alicyclic amines) is 1. The first-order chi connectivity index (χ1) is 14.5. The van der Waals surface area contributed by atoms with Gasteiger partial charge in [-0.05, 0) is 37.0 Å². The lowest BCUT2D eigenvalue weighted by Gasteiger charge is -2.37. The van der Waals surface area contributed by atoms with Crippen molar-refractivity contribution >= 4 is 11.8 Å². The van der Waals surface area contributed by atoms with Crippen molar-refractivity contribution in [3.63, 3.8) is 0 Å². The van der Waals surface area contributed by atoms with E-state index in [1.807, 2.05) is 0 Å². The maximum absolute atomic E-state index is 13.1. The van der Waals surface area contributed by atoms with Crippen molar-refractivity contribution in [2.45, 2.75) is 38.8 Å². The molecule has 164 valence electrons. The van der Waals surface area contributed by atoms with Crippen LogP contribution in [0.3, 0.4) is 0 Å². The Labute approximate surface area is 177 Å². The van der Waals surface area contributed by atoms with Crippen molar-refractivity contribution in [1.82, 2.24) is 15.1 Å². The fraction of sp³-hybridized carbons (Fsp3) is 0.636. The first kappa shape index (κ1) is 20.9. The van der Waals surface area contributed by atoms with Gasteiger partial charge >= 0.3 is 0 Å². The van der Waals surface area contributed by atoms with Gasteiger partial charge in [0.05, 0.1) is 13.2 Å². The molecule has 3 aliphatic heterocycles.